The first-order valence-electron chi connectivity index (χ1n) is 4.09. The first kappa shape index (κ1) is 11.4. The highest BCUT2D eigenvalue weighted by atomic mass is 16.2. The molecule has 0 bridgehead atoms. The Bertz CT molecular complexity index is 147. The fraction of sp³-hybridized carbons (Fsp3) is 0.875. The summed E-state index contributed by atoms with van der Waals surface area (Å²) in [6.45, 7) is 3.02. The summed E-state index contributed by atoms with van der Waals surface area (Å²) < 4.78 is 0. The Hall–Kier alpha value is -0.610. The van der Waals surface area contributed by atoms with Gasteiger partial charge in [0.25, 0.3) is 0 Å². The monoisotopic (exact) mass is 173 g/mol. The summed E-state index contributed by atoms with van der Waals surface area (Å²) in [6, 6.07) is 0.258. The van der Waals surface area contributed by atoms with E-state index in [0.717, 1.165) is 0 Å². The quantitative estimate of drug-likeness (QED) is 0.615. The number of likely N-dealkylation sites (N-methyl/N-ethyl adjacent to an activating group) is 2. The third-order valence-electron chi connectivity index (χ3n) is 1.98. The molecule has 0 aromatic heterocycles. The molecule has 1 unspecified atom stereocenters. The van der Waals surface area contributed by atoms with E-state index in [1.165, 1.54) is 0 Å². The topological polar surface area (TPSA) is 49.6 Å². The first-order valence-corrected chi connectivity index (χ1v) is 4.09. The van der Waals surface area contributed by atoms with Crippen LogP contribution < -0.4 is 5.73 Å². The molecular formula is C8H19N3O. The van der Waals surface area contributed by atoms with Crippen molar-refractivity contribution in [2.24, 2.45) is 5.73 Å². The van der Waals surface area contributed by atoms with Crippen LogP contribution in [-0.4, -0.2) is 56.0 Å². The second-order valence-electron chi connectivity index (χ2n) is 3.29. The average Bonchev–Trinajstić information content (AvgIpc) is 2.02. The Morgan fingerprint density at radius 2 is 1.92 bits per heavy atom. The summed E-state index contributed by atoms with van der Waals surface area (Å²) in [5.74, 6) is 0.109. The Kier molecular flexibility index (Phi) is 4.85. The number of hydrogen-bond donors (Lipinski definition) is 1. The zero-order chi connectivity index (χ0) is 9.72. The SMILES string of the molecule is CC(CN)N(C)CC(=O)N(C)C. The van der Waals surface area contributed by atoms with Gasteiger partial charge in [-0.15, -0.1) is 0 Å². The molecule has 0 heterocycles. The molecule has 72 valence electrons. The van der Waals surface area contributed by atoms with Crippen molar-refractivity contribution in [1.29, 1.82) is 0 Å². The highest BCUT2D eigenvalue weighted by molar-refractivity contribution is 5.77. The minimum Gasteiger partial charge on any atom is -0.348 e. The van der Waals surface area contributed by atoms with Crippen LogP contribution in [-0.2, 0) is 4.79 Å². The molecule has 0 aromatic carbocycles. The van der Waals surface area contributed by atoms with Crippen LogP contribution in [0.4, 0.5) is 0 Å². The van der Waals surface area contributed by atoms with Crippen LogP contribution in [0.2, 0.25) is 0 Å². The van der Waals surface area contributed by atoms with Crippen molar-refractivity contribution in [3.05, 3.63) is 0 Å². The zero-order valence-electron chi connectivity index (χ0n) is 8.37. The smallest absolute Gasteiger partial charge is 0.236 e. The van der Waals surface area contributed by atoms with Crippen LogP contribution in [0.5, 0.6) is 0 Å². The Labute approximate surface area is 74.3 Å². The largest absolute Gasteiger partial charge is 0.348 e. The van der Waals surface area contributed by atoms with Crippen LogP contribution >= 0.6 is 0 Å². The minimum atomic E-state index is 0.109. The van der Waals surface area contributed by atoms with Crippen LogP contribution in [0.3, 0.4) is 0 Å². The maximum absolute atomic E-state index is 11.2. The summed E-state index contributed by atoms with van der Waals surface area (Å²) in [5.41, 5.74) is 5.46. The molecule has 4 nitrogen and oxygen atoms in total. The standard InChI is InChI=1S/C8H19N3O/c1-7(5-9)11(4)6-8(12)10(2)3/h7H,5-6,9H2,1-4H3. The molecule has 0 spiro atoms. The second-order valence-corrected chi connectivity index (χ2v) is 3.29. The van der Waals surface area contributed by atoms with Crippen molar-refractivity contribution in [3.63, 3.8) is 0 Å². The van der Waals surface area contributed by atoms with Gasteiger partial charge in [-0.1, -0.05) is 0 Å². The Morgan fingerprint density at radius 3 is 2.25 bits per heavy atom. The minimum absolute atomic E-state index is 0.109. The van der Waals surface area contributed by atoms with Gasteiger partial charge >= 0.3 is 0 Å². The number of nitrogens with zero attached hydrogens (tertiary/aromatic N) is 2. The van der Waals surface area contributed by atoms with E-state index in [-0.39, 0.29) is 11.9 Å². The molecule has 0 saturated heterocycles. The molecule has 0 rings (SSSR count). The van der Waals surface area contributed by atoms with Crippen molar-refractivity contribution >= 4 is 5.91 Å². The van der Waals surface area contributed by atoms with Crippen molar-refractivity contribution in [3.8, 4) is 0 Å². The van der Waals surface area contributed by atoms with E-state index in [1.807, 2.05) is 18.9 Å². The number of amides is 1. The molecule has 0 aromatic rings. The summed E-state index contributed by atoms with van der Waals surface area (Å²) in [5, 5.41) is 0. The molecular weight excluding hydrogens is 154 g/mol. The summed E-state index contributed by atoms with van der Waals surface area (Å²) in [6.07, 6.45) is 0. The lowest BCUT2D eigenvalue weighted by Crippen LogP contribution is -2.41. The summed E-state index contributed by atoms with van der Waals surface area (Å²) in [7, 11) is 5.41. The van der Waals surface area contributed by atoms with Crippen molar-refractivity contribution in [2.45, 2.75) is 13.0 Å². The van der Waals surface area contributed by atoms with E-state index in [1.54, 1.807) is 19.0 Å². The highest BCUT2D eigenvalue weighted by Gasteiger charge is 2.12. The van der Waals surface area contributed by atoms with Crippen molar-refractivity contribution < 1.29 is 4.79 Å². The molecule has 0 saturated carbocycles. The fourth-order valence-corrected chi connectivity index (χ4v) is 0.691. The van der Waals surface area contributed by atoms with Crippen LogP contribution in [0.25, 0.3) is 0 Å². The van der Waals surface area contributed by atoms with Gasteiger partial charge in [-0.25, -0.2) is 0 Å². The molecule has 12 heavy (non-hydrogen) atoms. The first-order chi connectivity index (χ1) is 5.49. The van der Waals surface area contributed by atoms with Crippen LogP contribution in [0, 0.1) is 0 Å². The maximum Gasteiger partial charge on any atom is 0.236 e. The van der Waals surface area contributed by atoms with E-state index >= 15 is 0 Å². The van der Waals surface area contributed by atoms with E-state index in [0.29, 0.717) is 13.1 Å². The normalized spacial score (nSPS) is 13.2. The molecule has 1 atom stereocenters. The van der Waals surface area contributed by atoms with E-state index in [4.69, 9.17) is 5.73 Å². The van der Waals surface area contributed by atoms with Gasteiger partial charge in [0.05, 0.1) is 6.54 Å². The lowest BCUT2D eigenvalue weighted by molar-refractivity contribution is -0.129. The van der Waals surface area contributed by atoms with Gasteiger partial charge < -0.3 is 10.6 Å². The summed E-state index contributed by atoms with van der Waals surface area (Å²) in [4.78, 5) is 14.7. The van der Waals surface area contributed by atoms with Gasteiger partial charge in [0.1, 0.15) is 0 Å². The molecule has 2 N–H and O–H groups in total. The zero-order valence-corrected chi connectivity index (χ0v) is 8.37. The third kappa shape index (κ3) is 3.69. The predicted molar refractivity (Wildman–Crippen MR) is 49.8 cm³/mol. The molecule has 0 aliphatic heterocycles. The Balaban J connectivity index is 3.83. The van der Waals surface area contributed by atoms with Gasteiger partial charge in [0, 0.05) is 26.7 Å². The fourth-order valence-electron chi connectivity index (χ4n) is 0.691. The molecule has 0 aliphatic rings. The van der Waals surface area contributed by atoms with Gasteiger partial charge in [-0.3, -0.25) is 9.69 Å². The van der Waals surface area contributed by atoms with Gasteiger partial charge in [-0.2, -0.15) is 0 Å². The number of rotatable bonds is 4. The van der Waals surface area contributed by atoms with Crippen LogP contribution in [0.15, 0.2) is 0 Å². The highest BCUT2D eigenvalue weighted by Crippen LogP contribution is 1.93. The lowest BCUT2D eigenvalue weighted by Gasteiger charge is -2.23. The van der Waals surface area contributed by atoms with Crippen LogP contribution in [0.1, 0.15) is 6.92 Å². The van der Waals surface area contributed by atoms with Gasteiger partial charge in [-0.05, 0) is 14.0 Å². The second kappa shape index (κ2) is 5.11. The molecule has 0 fully saturated rings. The number of hydrogen-bond acceptors (Lipinski definition) is 3. The van der Waals surface area contributed by atoms with Crippen molar-refractivity contribution in [1.82, 2.24) is 9.80 Å². The Morgan fingerprint density at radius 1 is 1.42 bits per heavy atom. The van der Waals surface area contributed by atoms with Gasteiger partial charge in [0.15, 0.2) is 0 Å². The summed E-state index contributed by atoms with van der Waals surface area (Å²) >= 11 is 0. The maximum atomic E-state index is 11.2. The third-order valence-corrected chi connectivity index (χ3v) is 1.98. The number of carbonyl (C=O) groups is 1. The molecule has 1 amide bonds. The molecule has 4 heteroatoms. The van der Waals surface area contributed by atoms with E-state index < -0.39 is 0 Å². The number of nitrogens with two attached hydrogens (primary N) is 1. The van der Waals surface area contributed by atoms with Gasteiger partial charge in [0.2, 0.25) is 5.91 Å². The van der Waals surface area contributed by atoms with E-state index in [2.05, 4.69) is 0 Å². The van der Waals surface area contributed by atoms with E-state index in [9.17, 15) is 4.79 Å². The lowest BCUT2D eigenvalue weighted by atomic mass is 10.3. The molecule has 0 aliphatic carbocycles. The average molecular weight is 173 g/mol. The molecule has 0 radical (unpaired) electrons. The predicted octanol–water partition coefficient (Wildman–Crippen LogP) is -0.646. The van der Waals surface area contributed by atoms with Crippen molar-refractivity contribution in [2.75, 3.05) is 34.2 Å². The number of carbonyl (C=O) groups excluding carboxylic acids is 1.